The standard InChI is InChI=1S/C12H13NO4S/c1-12(11(16)17)5-2-3-8(10(14)15)9(12)4-6-13-7-18/h2-3,5,9H,4,6H2,1H3,(H,14,15)(H,16,17). The number of carboxylic acids is 2. The Bertz CT molecular complexity index is 476. The molecule has 0 saturated heterocycles. The molecule has 5 nitrogen and oxygen atoms in total. The van der Waals surface area contributed by atoms with E-state index in [1.165, 1.54) is 25.2 Å². The molecule has 0 aromatic carbocycles. The lowest BCUT2D eigenvalue weighted by Gasteiger charge is -2.33. The average Bonchev–Trinajstić information content (AvgIpc) is 2.30. The first-order chi connectivity index (χ1) is 8.43. The van der Waals surface area contributed by atoms with Crippen molar-refractivity contribution < 1.29 is 19.8 Å². The van der Waals surface area contributed by atoms with Gasteiger partial charge in [0.05, 0.1) is 10.6 Å². The summed E-state index contributed by atoms with van der Waals surface area (Å²) in [5, 5.41) is 20.6. The SMILES string of the molecule is CC1(C(=O)O)C=CC=C(C(=O)O)C1CCN=C=S. The van der Waals surface area contributed by atoms with E-state index in [1.807, 2.05) is 0 Å². The largest absolute Gasteiger partial charge is 0.481 e. The molecule has 0 amide bonds. The first-order valence-corrected chi connectivity index (χ1v) is 5.74. The van der Waals surface area contributed by atoms with Gasteiger partial charge >= 0.3 is 11.9 Å². The van der Waals surface area contributed by atoms with Gasteiger partial charge in [-0.2, -0.15) is 0 Å². The molecule has 2 N–H and O–H groups in total. The molecule has 2 atom stereocenters. The quantitative estimate of drug-likeness (QED) is 0.585. The summed E-state index contributed by atoms with van der Waals surface area (Å²) < 4.78 is 0. The zero-order chi connectivity index (χ0) is 13.8. The lowest BCUT2D eigenvalue weighted by Crippen LogP contribution is -2.38. The molecular formula is C12H13NO4S. The van der Waals surface area contributed by atoms with Gasteiger partial charge in [-0.05, 0) is 25.6 Å². The molecule has 2 unspecified atom stereocenters. The Labute approximate surface area is 110 Å². The van der Waals surface area contributed by atoms with Crippen molar-refractivity contribution in [3.8, 4) is 0 Å². The van der Waals surface area contributed by atoms with Crippen LogP contribution in [0.4, 0.5) is 0 Å². The number of hydrogen-bond acceptors (Lipinski definition) is 4. The van der Waals surface area contributed by atoms with Gasteiger partial charge in [0.1, 0.15) is 0 Å². The summed E-state index contributed by atoms with van der Waals surface area (Å²) in [5.41, 5.74) is -1.15. The fourth-order valence-electron chi connectivity index (χ4n) is 2.04. The number of aliphatic carboxylic acids is 2. The van der Waals surface area contributed by atoms with Crippen LogP contribution in [0.1, 0.15) is 13.3 Å². The number of rotatable bonds is 5. The molecule has 0 saturated carbocycles. The average molecular weight is 267 g/mol. The van der Waals surface area contributed by atoms with Crippen LogP contribution in [0, 0.1) is 11.3 Å². The van der Waals surface area contributed by atoms with Gasteiger partial charge in [0.2, 0.25) is 0 Å². The van der Waals surface area contributed by atoms with Gasteiger partial charge in [0, 0.05) is 18.0 Å². The molecule has 96 valence electrons. The van der Waals surface area contributed by atoms with E-state index in [0.29, 0.717) is 6.42 Å². The van der Waals surface area contributed by atoms with Crippen molar-refractivity contribution >= 4 is 29.3 Å². The Hall–Kier alpha value is -1.78. The van der Waals surface area contributed by atoms with Crippen LogP contribution >= 0.6 is 12.2 Å². The third-order valence-electron chi connectivity index (χ3n) is 3.12. The van der Waals surface area contributed by atoms with Crippen molar-refractivity contribution in [3.63, 3.8) is 0 Å². The van der Waals surface area contributed by atoms with Crippen molar-refractivity contribution in [2.45, 2.75) is 13.3 Å². The Morgan fingerprint density at radius 1 is 1.56 bits per heavy atom. The fourth-order valence-corrected chi connectivity index (χ4v) is 2.13. The van der Waals surface area contributed by atoms with Crippen LogP contribution in [0.3, 0.4) is 0 Å². The Morgan fingerprint density at radius 2 is 2.22 bits per heavy atom. The number of allylic oxidation sites excluding steroid dienone is 2. The smallest absolute Gasteiger partial charge is 0.331 e. The molecule has 0 heterocycles. The molecule has 0 aliphatic heterocycles. The topological polar surface area (TPSA) is 87.0 Å². The van der Waals surface area contributed by atoms with Crippen molar-refractivity contribution in [3.05, 3.63) is 23.8 Å². The number of thiocarbonyl (C=S) groups is 1. The Kier molecular flexibility index (Phi) is 4.53. The number of aliphatic imine (C=N–C) groups is 1. The second kappa shape index (κ2) is 5.71. The molecule has 1 rings (SSSR count). The van der Waals surface area contributed by atoms with E-state index in [2.05, 4.69) is 22.4 Å². The second-order valence-corrected chi connectivity index (χ2v) is 4.37. The van der Waals surface area contributed by atoms with E-state index in [-0.39, 0.29) is 12.1 Å². The minimum absolute atomic E-state index is 0.0852. The van der Waals surface area contributed by atoms with Crippen LogP contribution in [0.25, 0.3) is 0 Å². The molecule has 0 spiro atoms. The minimum Gasteiger partial charge on any atom is -0.481 e. The molecular weight excluding hydrogens is 254 g/mol. The van der Waals surface area contributed by atoms with Gasteiger partial charge in [0.15, 0.2) is 0 Å². The maximum absolute atomic E-state index is 11.3. The van der Waals surface area contributed by atoms with Crippen LogP contribution in [-0.2, 0) is 9.59 Å². The number of hydrogen-bond donors (Lipinski definition) is 2. The molecule has 0 aromatic rings. The highest BCUT2D eigenvalue weighted by Gasteiger charge is 2.44. The zero-order valence-electron chi connectivity index (χ0n) is 9.79. The third-order valence-corrected chi connectivity index (χ3v) is 3.25. The Balaban J connectivity index is 3.09. The van der Waals surface area contributed by atoms with Gasteiger partial charge in [-0.15, -0.1) is 0 Å². The lowest BCUT2D eigenvalue weighted by molar-refractivity contribution is -0.147. The van der Waals surface area contributed by atoms with Crippen LogP contribution in [0.5, 0.6) is 0 Å². The van der Waals surface area contributed by atoms with Gasteiger partial charge in [-0.25, -0.2) is 9.79 Å². The van der Waals surface area contributed by atoms with Crippen molar-refractivity contribution in [1.29, 1.82) is 0 Å². The van der Waals surface area contributed by atoms with Crippen LogP contribution in [0.15, 0.2) is 28.8 Å². The molecule has 0 aromatic heterocycles. The van der Waals surface area contributed by atoms with Crippen LogP contribution in [-0.4, -0.2) is 33.9 Å². The summed E-state index contributed by atoms with van der Waals surface area (Å²) in [5.74, 6) is -2.80. The van der Waals surface area contributed by atoms with Gasteiger partial charge in [0.25, 0.3) is 0 Å². The molecule has 0 fully saturated rings. The van der Waals surface area contributed by atoms with Gasteiger partial charge < -0.3 is 10.2 Å². The van der Waals surface area contributed by atoms with E-state index in [9.17, 15) is 14.7 Å². The van der Waals surface area contributed by atoms with Crippen molar-refractivity contribution in [2.24, 2.45) is 16.3 Å². The maximum atomic E-state index is 11.3. The lowest BCUT2D eigenvalue weighted by atomic mass is 9.69. The predicted molar refractivity (Wildman–Crippen MR) is 68.6 cm³/mol. The van der Waals surface area contributed by atoms with E-state index in [1.54, 1.807) is 0 Å². The van der Waals surface area contributed by atoms with E-state index in [4.69, 9.17) is 5.11 Å². The summed E-state index contributed by atoms with van der Waals surface area (Å²) in [4.78, 5) is 26.2. The number of carbonyl (C=O) groups is 2. The van der Waals surface area contributed by atoms with E-state index < -0.39 is 23.3 Å². The zero-order valence-corrected chi connectivity index (χ0v) is 10.6. The third kappa shape index (κ3) is 2.72. The predicted octanol–water partition coefficient (Wildman–Crippen LogP) is 1.77. The minimum atomic E-state index is -1.24. The molecule has 0 radical (unpaired) electrons. The number of carboxylic acid groups (broad SMARTS) is 2. The maximum Gasteiger partial charge on any atom is 0.331 e. The summed E-state index contributed by atoms with van der Waals surface area (Å²) in [6.45, 7) is 1.77. The summed E-state index contributed by atoms with van der Waals surface area (Å²) >= 11 is 4.43. The second-order valence-electron chi connectivity index (χ2n) is 4.19. The van der Waals surface area contributed by atoms with Crippen molar-refractivity contribution in [2.75, 3.05) is 6.54 Å². The highest BCUT2D eigenvalue weighted by Crippen LogP contribution is 2.40. The van der Waals surface area contributed by atoms with Crippen LogP contribution < -0.4 is 0 Å². The number of isothiocyanates is 1. The van der Waals surface area contributed by atoms with Gasteiger partial charge in [-0.3, -0.25) is 4.79 Å². The van der Waals surface area contributed by atoms with Crippen molar-refractivity contribution in [1.82, 2.24) is 0 Å². The number of nitrogens with zero attached hydrogens (tertiary/aromatic N) is 1. The summed E-state index contributed by atoms with van der Waals surface area (Å²) in [6.07, 6.45) is 4.71. The first kappa shape index (κ1) is 14.3. The normalized spacial score (nSPS) is 26.1. The van der Waals surface area contributed by atoms with E-state index >= 15 is 0 Å². The first-order valence-electron chi connectivity index (χ1n) is 5.33. The van der Waals surface area contributed by atoms with Crippen LogP contribution in [0.2, 0.25) is 0 Å². The molecule has 0 bridgehead atoms. The van der Waals surface area contributed by atoms with Gasteiger partial charge in [-0.1, -0.05) is 18.2 Å². The summed E-state index contributed by atoms with van der Waals surface area (Å²) in [7, 11) is 0. The van der Waals surface area contributed by atoms with E-state index in [0.717, 1.165) is 0 Å². The molecule has 1 aliphatic carbocycles. The molecule has 6 heteroatoms. The fraction of sp³-hybridized carbons (Fsp3) is 0.417. The highest BCUT2D eigenvalue weighted by atomic mass is 32.1. The Morgan fingerprint density at radius 3 is 2.72 bits per heavy atom. The highest BCUT2D eigenvalue weighted by molar-refractivity contribution is 7.78. The monoisotopic (exact) mass is 267 g/mol. The summed E-state index contributed by atoms with van der Waals surface area (Å²) in [6, 6.07) is 0. The molecule has 18 heavy (non-hydrogen) atoms. The molecule has 1 aliphatic rings.